The van der Waals surface area contributed by atoms with Crippen molar-refractivity contribution in [3.63, 3.8) is 0 Å². The fourth-order valence-corrected chi connectivity index (χ4v) is 5.32. The molecule has 1 amide bonds. The minimum Gasteiger partial charge on any atom is -0.343 e. The number of hydrogen-bond acceptors (Lipinski definition) is 3. The molecule has 0 bridgehead atoms. The van der Waals surface area contributed by atoms with Gasteiger partial charge in [-0.3, -0.25) is 4.79 Å². The lowest BCUT2D eigenvalue weighted by atomic mass is 9.93. The number of piperidine rings is 1. The van der Waals surface area contributed by atoms with Crippen LogP contribution >= 0.6 is 11.8 Å². The number of amides is 1. The SMILES string of the molecule is CC(=O)N1CCC(Cn2c(C(C)(C)C)nc3cc(Sc4ccc(C(F)(F)F)cc4)ccc32)CC1. The molecule has 1 fully saturated rings. The average molecular weight is 490 g/mol. The average Bonchev–Trinajstić information content (AvgIpc) is 3.12. The first-order valence-corrected chi connectivity index (χ1v) is 12.3. The minimum atomic E-state index is -4.33. The fraction of sp³-hybridized carbons (Fsp3) is 0.462. The second kappa shape index (κ2) is 9.29. The van der Waals surface area contributed by atoms with Crippen molar-refractivity contribution >= 4 is 28.7 Å². The lowest BCUT2D eigenvalue weighted by molar-refractivity contribution is -0.137. The van der Waals surface area contributed by atoms with E-state index in [0.29, 0.717) is 5.92 Å². The molecule has 2 aromatic carbocycles. The number of nitrogens with zero attached hydrogens (tertiary/aromatic N) is 3. The van der Waals surface area contributed by atoms with Crippen LogP contribution in [0.2, 0.25) is 0 Å². The molecule has 0 spiro atoms. The third-order valence-corrected chi connectivity index (χ3v) is 7.31. The van der Waals surface area contributed by atoms with Gasteiger partial charge in [0.25, 0.3) is 0 Å². The van der Waals surface area contributed by atoms with Crippen molar-refractivity contribution in [2.45, 2.75) is 68.5 Å². The summed E-state index contributed by atoms with van der Waals surface area (Å²) < 4.78 is 40.9. The van der Waals surface area contributed by atoms with Gasteiger partial charge < -0.3 is 9.47 Å². The van der Waals surface area contributed by atoms with Crippen LogP contribution in [-0.4, -0.2) is 33.4 Å². The Labute approximate surface area is 202 Å². The summed E-state index contributed by atoms with van der Waals surface area (Å²) in [7, 11) is 0. The molecule has 2 heterocycles. The zero-order valence-electron chi connectivity index (χ0n) is 19.9. The molecule has 0 unspecified atom stereocenters. The van der Waals surface area contributed by atoms with E-state index in [1.165, 1.54) is 23.9 Å². The number of carbonyl (C=O) groups excluding carboxylic acids is 1. The van der Waals surface area contributed by atoms with Gasteiger partial charge in [-0.1, -0.05) is 32.5 Å². The largest absolute Gasteiger partial charge is 0.416 e. The maximum Gasteiger partial charge on any atom is 0.416 e. The molecule has 0 radical (unpaired) electrons. The van der Waals surface area contributed by atoms with Gasteiger partial charge >= 0.3 is 6.18 Å². The number of aromatic nitrogens is 2. The van der Waals surface area contributed by atoms with Gasteiger partial charge in [0.15, 0.2) is 0 Å². The van der Waals surface area contributed by atoms with Crippen molar-refractivity contribution in [2.24, 2.45) is 5.92 Å². The second-order valence-corrected chi connectivity index (χ2v) is 11.2. The van der Waals surface area contributed by atoms with Crippen molar-refractivity contribution < 1.29 is 18.0 Å². The molecule has 4 rings (SSSR count). The van der Waals surface area contributed by atoms with E-state index in [1.807, 2.05) is 17.0 Å². The van der Waals surface area contributed by atoms with Crippen LogP contribution < -0.4 is 0 Å². The lowest BCUT2D eigenvalue weighted by Crippen LogP contribution is -2.38. The number of hydrogen-bond donors (Lipinski definition) is 0. The van der Waals surface area contributed by atoms with E-state index in [9.17, 15) is 18.0 Å². The molecule has 0 atom stereocenters. The standard InChI is InChI=1S/C26H30F3N3OS/c1-17(33)31-13-11-18(12-14-31)16-32-23-10-9-21(15-22(23)30-24(32)25(2,3)4)34-20-7-5-19(6-8-20)26(27,28)29/h5-10,15,18H,11-14,16H2,1-4H3. The summed E-state index contributed by atoms with van der Waals surface area (Å²) in [5, 5.41) is 0. The van der Waals surface area contributed by atoms with E-state index >= 15 is 0 Å². The van der Waals surface area contributed by atoms with E-state index < -0.39 is 11.7 Å². The molecule has 1 saturated heterocycles. The summed E-state index contributed by atoms with van der Waals surface area (Å²) in [6, 6.07) is 11.3. The highest BCUT2D eigenvalue weighted by molar-refractivity contribution is 7.99. The summed E-state index contributed by atoms with van der Waals surface area (Å²) >= 11 is 1.43. The molecule has 0 saturated carbocycles. The minimum absolute atomic E-state index is 0.139. The van der Waals surface area contributed by atoms with Crippen LogP contribution in [-0.2, 0) is 22.9 Å². The van der Waals surface area contributed by atoms with Crippen molar-refractivity contribution in [2.75, 3.05) is 13.1 Å². The Balaban J connectivity index is 1.58. The number of benzene rings is 2. The van der Waals surface area contributed by atoms with Gasteiger partial charge in [-0.25, -0.2) is 4.98 Å². The molecule has 3 aromatic rings. The molecule has 1 aliphatic rings. The fourth-order valence-electron chi connectivity index (χ4n) is 4.47. The predicted octanol–water partition coefficient (Wildman–Crippen LogP) is 6.76. The van der Waals surface area contributed by atoms with Gasteiger partial charge in [-0.05, 0) is 61.2 Å². The first-order chi connectivity index (χ1) is 15.9. The highest BCUT2D eigenvalue weighted by atomic mass is 32.2. The Morgan fingerprint density at radius 2 is 1.65 bits per heavy atom. The van der Waals surface area contributed by atoms with Gasteiger partial charge in [0, 0.05) is 41.8 Å². The number of carbonyl (C=O) groups is 1. The van der Waals surface area contributed by atoms with Crippen LogP contribution in [0.15, 0.2) is 52.3 Å². The molecule has 182 valence electrons. The number of likely N-dealkylation sites (tertiary alicyclic amines) is 1. The third-order valence-electron chi connectivity index (χ3n) is 6.31. The quantitative estimate of drug-likeness (QED) is 0.406. The van der Waals surface area contributed by atoms with Crippen LogP contribution in [0, 0.1) is 5.92 Å². The zero-order valence-corrected chi connectivity index (χ0v) is 20.8. The molecule has 8 heteroatoms. The number of fused-ring (bicyclic) bond motifs is 1. The van der Waals surface area contributed by atoms with Crippen LogP contribution in [0.1, 0.15) is 51.9 Å². The first kappa shape index (κ1) is 24.6. The number of halogens is 3. The van der Waals surface area contributed by atoms with Gasteiger partial charge in [-0.2, -0.15) is 13.2 Å². The van der Waals surface area contributed by atoms with E-state index in [-0.39, 0.29) is 11.3 Å². The molecule has 0 N–H and O–H groups in total. The molecule has 34 heavy (non-hydrogen) atoms. The smallest absolute Gasteiger partial charge is 0.343 e. The topological polar surface area (TPSA) is 38.1 Å². The highest BCUT2D eigenvalue weighted by Crippen LogP contribution is 2.35. The van der Waals surface area contributed by atoms with Crippen molar-refractivity contribution in [1.82, 2.24) is 14.5 Å². The van der Waals surface area contributed by atoms with Crippen molar-refractivity contribution in [3.8, 4) is 0 Å². The van der Waals surface area contributed by atoms with Crippen molar-refractivity contribution in [3.05, 3.63) is 53.9 Å². The van der Waals surface area contributed by atoms with Crippen LogP contribution in [0.3, 0.4) is 0 Å². The normalized spacial score (nSPS) is 15.8. The van der Waals surface area contributed by atoms with E-state index in [1.54, 1.807) is 6.92 Å². The molecule has 1 aromatic heterocycles. The Bertz CT molecular complexity index is 1170. The van der Waals surface area contributed by atoms with Gasteiger partial charge in [0.1, 0.15) is 5.82 Å². The van der Waals surface area contributed by atoms with Crippen LogP contribution in [0.5, 0.6) is 0 Å². The molecule has 4 nitrogen and oxygen atoms in total. The van der Waals surface area contributed by atoms with Gasteiger partial charge in [-0.15, -0.1) is 0 Å². The number of alkyl halides is 3. The summed E-state index contributed by atoms with van der Waals surface area (Å²) in [6.07, 6.45) is -2.38. The van der Waals surface area contributed by atoms with Gasteiger partial charge in [0.2, 0.25) is 5.91 Å². The monoisotopic (exact) mass is 489 g/mol. The van der Waals surface area contributed by atoms with Crippen LogP contribution in [0.25, 0.3) is 11.0 Å². The highest BCUT2D eigenvalue weighted by Gasteiger charge is 2.30. The Morgan fingerprint density at radius 3 is 2.21 bits per heavy atom. The molecular weight excluding hydrogens is 459 g/mol. The summed E-state index contributed by atoms with van der Waals surface area (Å²) in [6.45, 7) is 10.5. The van der Waals surface area contributed by atoms with E-state index in [0.717, 1.165) is 71.3 Å². The van der Waals surface area contributed by atoms with E-state index in [2.05, 4.69) is 31.4 Å². The second-order valence-electron chi connectivity index (χ2n) is 10.0. The molecule has 1 aliphatic heterocycles. The van der Waals surface area contributed by atoms with Gasteiger partial charge in [0.05, 0.1) is 16.6 Å². The maximum absolute atomic E-state index is 12.8. The Hall–Kier alpha value is -2.48. The maximum atomic E-state index is 12.8. The molecule has 0 aliphatic carbocycles. The summed E-state index contributed by atoms with van der Waals surface area (Å²) in [5.74, 6) is 1.64. The molecular formula is C26H30F3N3OS. The lowest BCUT2D eigenvalue weighted by Gasteiger charge is -2.32. The Kier molecular flexibility index (Phi) is 6.73. The first-order valence-electron chi connectivity index (χ1n) is 11.5. The Morgan fingerprint density at radius 1 is 1.03 bits per heavy atom. The number of imidazole rings is 1. The number of rotatable bonds is 4. The zero-order chi connectivity index (χ0) is 24.7. The van der Waals surface area contributed by atoms with Crippen LogP contribution in [0.4, 0.5) is 13.2 Å². The summed E-state index contributed by atoms with van der Waals surface area (Å²) in [4.78, 5) is 20.2. The van der Waals surface area contributed by atoms with Crippen molar-refractivity contribution in [1.29, 1.82) is 0 Å². The van der Waals surface area contributed by atoms with E-state index in [4.69, 9.17) is 4.98 Å². The predicted molar refractivity (Wildman–Crippen MR) is 129 cm³/mol. The summed E-state index contributed by atoms with van der Waals surface area (Å²) in [5.41, 5.74) is 1.17. The third kappa shape index (κ3) is 5.43.